The number of nitrogens with one attached hydrogen (secondary N) is 1. The van der Waals surface area contributed by atoms with Crippen LogP contribution in [0.4, 0.5) is 4.79 Å². The van der Waals surface area contributed by atoms with Crippen molar-refractivity contribution >= 4 is 18.0 Å². The van der Waals surface area contributed by atoms with Crippen LogP contribution in [-0.4, -0.2) is 67.9 Å². The first kappa shape index (κ1) is 49.0. The summed E-state index contributed by atoms with van der Waals surface area (Å²) in [7, 11) is 0. The number of carbonyl (C=O) groups excluding carboxylic acids is 3. The molecular formula is C48H80N2O6. The fourth-order valence-corrected chi connectivity index (χ4v) is 6.74. The van der Waals surface area contributed by atoms with Crippen LogP contribution in [-0.2, 0) is 23.8 Å². The number of allylic oxidation sites excluding steroid dienone is 10. The summed E-state index contributed by atoms with van der Waals surface area (Å²) >= 11 is 0. The van der Waals surface area contributed by atoms with Crippen LogP contribution in [0.3, 0.4) is 0 Å². The zero-order valence-electron chi connectivity index (χ0n) is 35.6. The molecule has 318 valence electrons. The normalized spacial score (nSPS) is 16.0. The van der Waals surface area contributed by atoms with Crippen molar-refractivity contribution < 1.29 is 28.6 Å². The van der Waals surface area contributed by atoms with E-state index in [9.17, 15) is 14.4 Å². The number of nitrogens with zero attached hydrogens (tertiary/aromatic N) is 1. The van der Waals surface area contributed by atoms with E-state index in [0.717, 1.165) is 109 Å². The van der Waals surface area contributed by atoms with Crippen LogP contribution in [0, 0.1) is 5.92 Å². The molecule has 2 rings (SSSR count). The fourth-order valence-electron chi connectivity index (χ4n) is 6.74. The van der Waals surface area contributed by atoms with Crippen molar-refractivity contribution in [1.29, 1.82) is 0 Å². The Morgan fingerprint density at radius 2 is 1.02 bits per heavy atom. The van der Waals surface area contributed by atoms with E-state index in [2.05, 4.69) is 84.8 Å². The van der Waals surface area contributed by atoms with E-state index in [-0.39, 0.29) is 37.8 Å². The van der Waals surface area contributed by atoms with Crippen molar-refractivity contribution in [1.82, 2.24) is 10.2 Å². The van der Waals surface area contributed by atoms with Gasteiger partial charge in [-0.3, -0.25) is 14.5 Å². The Kier molecular flexibility index (Phi) is 30.7. The van der Waals surface area contributed by atoms with Crippen LogP contribution >= 0.6 is 0 Å². The van der Waals surface area contributed by atoms with E-state index in [0.29, 0.717) is 18.9 Å². The molecule has 1 atom stereocenters. The minimum absolute atomic E-state index is 0.0240. The number of esters is 2. The quantitative estimate of drug-likeness (QED) is 0.0296. The molecule has 0 radical (unpaired) electrons. The molecule has 1 amide bonds. The van der Waals surface area contributed by atoms with Crippen LogP contribution in [0.25, 0.3) is 0 Å². The van der Waals surface area contributed by atoms with Gasteiger partial charge in [0.1, 0.15) is 19.8 Å². The molecule has 8 nitrogen and oxygen atoms in total. The van der Waals surface area contributed by atoms with E-state index >= 15 is 0 Å². The van der Waals surface area contributed by atoms with Gasteiger partial charge in [0.05, 0.1) is 12.0 Å². The number of rotatable bonds is 35. The van der Waals surface area contributed by atoms with E-state index in [1.165, 1.54) is 51.4 Å². The van der Waals surface area contributed by atoms with Gasteiger partial charge >= 0.3 is 18.0 Å². The van der Waals surface area contributed by atoms with Crippen molar-refractivity contribution in [3.8, 4) is 0 Å². The molecule has 1 N–H and O–H groups in total. The third-order valence-electron chi connectivity index (χ3n) is 10.6. The standard InChI is InChI=1S/C48H80N2O6/c1-3-5-7-9-11-13-15-17-19-21-23-25-27-29-31-36-46(51)54-40-43(42-56-48(53)49-44-38-50(39-44)45-34-33-35-45)41-55-47(52)37-32-30-28-26-24-22-20-18-16-14-12-10-8-6-4-2/h5,7,11-14,17-20,43-45H,3-4,6,8-10,15-16,21-42H2,1-2H3,(H,49,53)/b7-5-,13-11-,14-12-,19-17-,20-18-. The summed E-state index contributed by atoms with van der Waals surface area (Å²) in [5.41, 5.74) is 0. The topological polar surface area (TPSA) is 94.2 Å². The molecule has 0 aromatic carbocycles. The molecule has 0 aromatic heterocycles. The number of ether oxygens (including phenoxy) is 3. The number of alkyl carbamates (subject to hydrolysis) is 1. The van der Waals surface area contributed by atoms with Crippen molar-refractivity contribution in [2.24, 2.45) is 5.92 Å². The van der Waals surface area contributed by atoms with E-state index < -0.39 is 12.0 Å². The summed E-state index contributed by atoms with van der Waals surface area (Å²) in [5.74, 6) is -0.931. The average molecular weight is 781 g/mol. The van der Waals surface area contributed by atoms with E-state index in [1.807, 2.05) is 0 Å². The van der Waals surface area contributed by atoms with Gasteiger partial charge in [-0.15, -0.1) is 0 Å². The summed E-state index contributed by atoms with van der Waals surface area (Å²) in [4.78, 5) is 40.1. The van der Waals surface area contributed by atoms with Gasteiger partial charge in [-0.1, -0.05) is 132 Å². The molecule has 2 aliphatic rings. The number of carbonyl (C=O) groups is 3. The average Bonchev–Trinajstić information content (AvgIpc) is 3.15. The summed E-state index contributed by atoms with van der Waals surface area (Å²) < 4.78 is 16.7. The first-order valence-electron chi connectivity index (χ1n) is 22.7. The van der Waals surface area contributed by atoms with Gasteiger partial charge in [-0.25, -0.2) is 4.79 Å². The minimum atomic E-state index is -0.473. The Bertz CT molecular complexity index is 1150. The van der Waals surface area contributed by atoms with Gasteiger partial charge in [-0.05, 0) is 89.9 Å². The van der Waals surface area contributed by atoms with Gasteiger partial charge in [-0.2, -0.15) is 0 Å². The van der Waals surface area contributed by atoms with Gasteiger partial charge in [0.15, 0.2) is 0 Å². The zero-order valence-corrected chi connectivity index (χ0v) is 35.6. The lowest BCUT2D eigenvalue weighted by Gasteiger charge is -2.47. The number of amides is 1. The Labute approximate surface area is 342 Å². The van der Waals surface area contributed by atoms with Crippen molar-refractivity contribution in [3.63, 3.8) is 0 Å². The van der Waals surface area contributed by atoms with Crippen molar-refractivity contribution in [3.05, 3.63) is 60.8 Å². The molecule has 1 saturated carbocycles. The van der Waals surface area contributed by atoms with Gasteiger partial charge in [0, 0.05) is 32.0 Å². The number of hydrogen-bond acceptors (Lipinski definition) is 7. The minimum Gasteiger partial charge on any atom is -0.465 e. The SMILES string of the molecule is CC/C=C\C/C=C\C/C=C\CCCCCCCC(=O)OCC(COC(=O)CCCCCCC/C=C\C/C=C\CCCCC)COC(=O)NC1CN(C2CCC2)C1. The first-order valence-corrected chi connectivity index (χ1v) is 22.7. The monoisotopic (exact) mass is 781 g/mol. The summed E-state index contributed by atoms with van der Waals surface area (Å²) in [6.07, 6.45) is 48.2. The van der Waals surface area contributed by atoms with Crippen LogP contribution in [0.2, 0.25) is 0 Å². The first-order chi connectivity index (χ1) is 27.5. The summed E-state index contributed by atoms with van der Waals surface area (Å²) in [5, 5.41) is 2.94. The molecule has 1 heterocycles. The number of likely N-dealkylation sites (tertiary alicyclic amines) is 1. The maximum Gasteiger partial charge on any atom is 0.407 e. The Morgan fingerprint density at radius 1 is 0.571 bits per heavy atom. The highest BCUT2D eigenvalue weighted by atomic mass is 16.6. The predicted molar refractivity (Wildman–Crippen MR) is 232 cm³/mol. The maximum absolute atomic E-state index is 12.6. The third-order valence-corrected chi connectivity index (χ3v) is 10.6. The van der Waals surface area contributed by atoms with Gasteiger partial charge < -0.3 is 19.5 Å². The molecule has 0 aromatic rings. The molecule has 8 heteroatoms. The third kappa shape index (κ3) is 27.5. The Balaban J connectivity index is 1.58. The highest BCUT2D eigenvalue weighted by Gasteiger charge is 2.36. The van der Waals surface area contributed by atoms with Crippen molar-refractivity contribution in [2.75, 3.05) is 32.9 Å². The molecule has 1 unspecified atom stereocenters. The molecule has 0 bridgehead atoms. The van der Waals surface area contributed by atoms with Crippen LogP contribution in [0.5, 0.6) is 0 Å². The van der Waals surface area contributed by atoms with Crippen LogP contribution in [0.1, 0.15) is 174 Å². The second kappa shape index (κ2) is 35.1. The van der Waals surface area contributed by atoms with E-state index in [1.54, 1.807) is 0 Å². The van der Waals surface area contributed by atoms with Gasteiger partial charge in [0.25, 0.3) is 0 Å². The second-order valence-electron chi connectivity index (χ2n) is 15.8. The molecule has 1 aliphatic carbocycles. The highest BCUT2D eigenvalue weighted by molar-refractivity contribution is 5.70. The molecule has 56 heavy (non-hydrogen) atoms. The maximum atomic E-state index is 12.6. The lowest BCUT2D eigenvalue weighted by Crippen LogP contribution is -2.63. The zero-order chi connectivity index (χ0) is 40.2. The predicted octanol–water partition coefficient (Wildman–Crippen LogP) is 12.1. The van der Waals surface area contributed by atoms with Crippen LogP contribution in [0.15, 0.2) is 60.8 Å². The van der Waals surface area contributed by atoms with Crippen LogP contribution < -0.4 is 5.32 Å². The molecular weight excluding hydrogens is 701 g/mol. The fraction of sp³-hybridized carbons (Fsp3) is 0.729. The second-order valence-corrected chi connectivity index (χ2v) is 15.8. The molecule has 1 saturated heterocycles. The Morgan fingerprint density at radius 3 is 1.50 bits per heavy atom. The number of hydrogen-bond donors (Lipinski definition) is 1. The van der Waals surface area contributed by atoms with Crippen molar-refractivity contribution in [2.45, 2.75) is 186 Å². The lowest BCUT2D eigenvalue weighted by atomic mass is 9.88. The molecule has 0 spiro atoms. The summed E-state index contributed by atoms with van der Waals surface area (Å²) in [6.45, 7) is 6.24. The summed E-state index contributed by atoms with van der Waals surface area (Å²) in [6, 6.07) is 0.772. The molecule has 1 aliphatic heterocycles. The Hall–Kier alpha value is -3.13. The molecule has 2 fully saturated rings. The van der Waals surface area contributed by atoms with E-state index in [4.69, 9.17) is 14.2 Å². The smallest absolute Gasteiger partial charge is 0.407 e. The highest BCUT2D eigenvalue weighted by Crippen LogP contribution is 2.28. The van der Waals surface area contributed by atoms with Gasteiger partial charge in [0.2, 0.25) is 0 Å². The lowest BCUT2D eigenvalue weighted by molar-refractivity contribution is -0.150. The number of unbranched alkanes of at least 4 members (excludes halogenated alkanes) is 13. The largest absolute Gasteiger partial charge is 0.465 e.